The maximum absolute atomic E-state index is 14.3. The molecular formula is C37H66O15. The van der Waals surface area contributed by atoms with Crippen LogP contribution in [0.3, 0.4) is 0 Å². The van der Waals surface area contributed by atoms with Crippen LogP contribution in [0.15, 0.2) is 0 Å². The van der Waals surface area contributed by atoms with Crippen molar-refractivity contribution in [1.29, 1.82) is 0 Å². The van der Waals surface area contributed by atoms with E-state index in [1.54, 1.807) is 0 Å². The molecule has 10 atom stereocenters. The topological polar surface area (TPSA) is 258 Å². The van der Waals surface area contributed by atoms with Crippen LogP contribution in [-0.4, -0.2) is 131 Å². The third-order valence-electron chi connectivity index (χ3n) is 9.68. The number of aliphatic hydroxyl groups is 8. The van der Waals surface area contributed by atoms with Crippen molar-refractivity contribution in [1.82, 2.24) is 0 Å². The first-order valence-electron chi connectivity index (χ1n) is 19.2. The molecule has 0 aromatic carbocycles. The smallest absolute Gasteiger partial charge is 0.306 e. The number of ketones is 3. The van der Waals surface area contributed by atoms with Gasteiger partial charge in [0, 0.05) is 25.7 Å². The Balaban J connectivity index is 3.96. The lowest BCUT2D eigenvalue weighted by Crippen LogP contribution is -2.82. The predicted octanol–water partition coefficient (Wildman–Crippen LogP) is 1.66. The van der Waals surface area contributed by atoms with Crippen LogP contribution in [0.2, 0.25) is 0 Å². The summed E-state index contributed by atoms with van der Waals surface area (Å²) in [5.41, 5.74) is -6.81. The fourth-order valence-electron chi connectivity index (χ4n) is 6.35. The van der Waals surface area contributed by atoms with E-state index in [0.29, 0.717) is 57.8 Å². The van der Waals surface area contributed by atoms with Crippen LogP contribution in [0.5, 0.6) is 0 Å². The summed E-state index contributed by atoms with van der Waals surface area (Å²) in [6.45, 7) is 6.57. The van der Waals surface area contributed by atoms with E-state index < -0.39 is 103 Å². The zero-order valence-corrected chi connectivity index (χ0v) is 31.5. The maximum Gasteiger partial charge on any atom is 0.306 e. The highest BCUT2D eigenvalue weighted by Gasteiger charge is 2.74. The molecule has 0 saturated carbocycles. The van der Waals surface area contributed by atoms with E-state index in [4.69, 9.17) is 14.2 Å². The molecule has 15 nitrogen and oxygen atoms in total. The number of Topliss-reactive ketones (excluding diaryl/α,β-unsaturated/α-hetero) is 3. The minimum absolute atomic E-state index is 0.165. The first-order valence-corrected chi connectivity index (χ1v) is 19.2. The first-order chi connectivity index (χ1) is 24.6. The van der Waals surface area contributed by atoms with Crippen molar-refractivity contribution in [2.75, 3.05) is 6.61 Å². The molecule has 1 heterocycles. The average Bonchev–Trinajstić information content (AvgIpc) is 3.13. The highest BCUT2D eigenvalue weighted by molar-refractivity contribution is 6.01. The number of ether oxygens (including phenoxy) is 3. The van der Waals surface area contributed by atoms with Crippen molar-refractivity contribution < 1.29 is 74.2 Å². The molecule has 1 fully saturated rings. The Morgan fingerprint density at radius 1 is 0.635 bits per heavy atom. The molecule has 0 radical (unpaired) electrons. The SMILES string of the molecule is CCCCCCCC(=O)O[C@@H]1[C@H](OC(O)[C@@H](O)[C@@H](O)[C@@H](O)CO)O[C@H](C(O)C(=O)CCCCC)[C@](O)(C(=O)CCCCC)[C@@]1(O)C(=O)CCCCC. The summed E-state index contributed by atoms with van der Waals surface area (Å²) in [7, 11) is 0. The third-order valence-corrected chi connectivity index (χ3v) is 9.68. The maximum atomic E-state index is 14.3. The Labute approximate surface area is 307 Å². The van der Waals surface area contributed by atoms with E-state index >= 15 is 0 Å². The standard InChI is InChI=1S/C37H66O15/c1-5-9-13-14-18-22-28(43)50-33-35(52-34(47)31(46)29(44)25(40)23-38)51-32(30(45)24(39)19-15-10-6-2)36(48,26(41)20-16-11-7-3)37(33,49)27(42)21-17-12-8-4/h25,29-35,38,40,44-49H,5-23H2,1-4H3/t25-,29-,30?,31-,32+,33+,34?,35-,36+,37+/m0/s1. The van der Waals surface area contributed by atoms with Crippen LogP contribution in [0, 0.1) is 0 Å². The van der Waals surface area contributed by atoms with Crippen LogP contribution < -0.4 is 0 Å². The zero-order valence-electron chi connectivity index (χ0n) is 31.5. The Bertz CT molecular complexity index is 1070. The number of rotatable bonds is 29. The van der Waals surface area contributed by atoms with Crippen LogP contribution in [0.25, 0.3) is 0 Å². The van der Waals surface area contributed by atoms with Crippen LogP contribution in [0.1, 0.15) is 143 Å². The van der Waals surface area contributed by atoms with Gasteiger partial charge in [-0.25, -0.2) is 0 Å². The van der Waals surface area contributed by atoms with Gasteiger partial charge in [-0.1, -0.05) is 91.9 Å². The van der Waals surface area contributed by atoms with Crippen molar-refractivity contribution >= 4 is 23.3 Å². The summed E-state index contributed by atoms with van der Waals surface area (Å²) in [4.78, 5) is 55.1. The quantitative estimate of drug-likeness (QED) is 0.0307. The van der Waals surface area contributed by atoms with Crippen molar-refractivity contribution in [3.8, 4) is 0 Å². The number of hydrogen-bond acceptors (Lipinski definition) is 15. The molecule has 2 unspecified atom stereocenters. The van der Waals surface area contributed by atoms with Gasteiger partial charge < -0.3 is 55.1 Å². The Morgan fingerprint density at radius 3 is 1.62 bits per heavy atom. The molecule has 15 heteroatoms. The Hall–Kier alpha value is -1.92. The van der Waals surface area contributed by atoms with Crippen molar-refractivity contribution in [3.63, 3.8) is 0 Å². The second kappa shape index (κ2) is 24.5. The van der Waals surface area contributed by atoms with Crippen LogP contribution >= 0.6 is 0 Å². The highest BCUT2D eigenvalue weighted by atomic mass is 16.8. The van der Waals surface area contributed by atoms with Crippen LogP contribution in [0.4, 0.5) is 0 Å². The second-order valence-corrected chi connectivity index (χ2v) is 13.9. The van der Waals surface area contributed by atoms with E-state index in [9.17, 15) is 60.0 Å². The largest absolute Gasteiger partial charge is 0.453 e. The van der Waals surface area contributed by atoms with Crippen LogP contribution in [-0.2, 0) is 33.4 Å². The molecular weight excluding hydrogens is 684 g/mol. The van der Waals surface area contributed by atoms with Gasteiger partial charge in [0.15, 0.2) is 35.3 Å². The van der Waals surface area contributed by atoms with E-state index in [2.05, 4.69) is 0 Å². The van der Waals surface area contributed by atoms with E-state index in [0.717, 1.165) is 19.3 Å². The average molecular weight is 751 g/mol. The number of carbonyl (C=O) groups excluding carboxylic acids is 4. The number of carbonyl (C=O) groups is 4. The lowest BCUT2D eigenvalue weighted by molar-refractivity contribution is -0.378. The molecule has 0 aromatic heterocycles. The molecule has 0 aliphatic carbocycles. The molecule has 8 N–H and O–H groups in total. The third kappa shape index (κ3) is 12.8. The monoisotopic (exact) mass is 750 g/mol. The minimum Gasteiger partial charge on any atom is -0.453 e. The van der Waals surface area contributed by atoms with Gasteiger partial charge in [-0.05, 0) is 25.7 Å². The molecule has 1 aliphatic rings. The molecule has 0 bridgehead atoms. The predicted molar refractivity (Wildman–Crippen MR) is 187 cm³/mol. The molecule has 1 saturated heterocycles. The molecule has 52 heavy (non-hydrogen) atoms. The van der Waals surface area contributed by atoms with Gasteiger partial charge >= 0.3 is 5.97 Å². The second-order valence-electron chi connectivity index (χ2n) is 13.9. The summed E-state index contributed by atoms with van der Waals surface area (Å²) in [5.74, 6) is -4.26. The molecule has 1 rings (SSSR count). The zero-order chi connectivity index (χ0) is 39.5. The van der Waals surface area contributed by atoms with Crippen molar-refractivity contribution in [3.05, 3.63) is 0 Å². The Morgan fingerprint density at radius 2 is 1.10 bits per heavy atom. The summed E-state index contributed by atoms with van der Waals surface area (Å²) in [5, 5.41) is 87.3. The lowest BCUT2D eigenvalue weighted by Gasteiger charge is -2.55. The number of aliphatic hydroxyl groups excluding tert-OH is 6. The summed E-state index contributed by atoms with van der Waals surface area (Å²) < 4.78 is 16.9. The van der Waals surface area contributed by atoms with Gasteiger partial charge in [-0.3, -0.25) is 19.2 Å². The van der Waals surface area contributed by atoms with E-state index in [1.807, 2.05) is 27.7 Å². The van der Waals surface area contributed by atoms with Gasteiger partial charge in [0.05, 0.1) is 6.61 Å². The summed E-state index contributed by atoms with van der Waals surface area (Å²) in [6.07, 6.45) is -12.0. The van der Waals surface area contributed by atoms with Gasteiger partial charge in [-0.15, -0.1) is 0 Å². The highest BCUT2D eigenvalue weighted by Crippen LogP contribution is 2.45. The summed E-state index contributed by atoms with van der Waals surface area (Å²) >= 11 is 0. The molecule has 0 spiro atoms. The molecule has 304 valence electrons. The van der Waals surface area contributed by atoms with E-state index in [1.165, 1.54) is 0 Å². The first kappa shape index (κ1) is 48.1. The van der Waals surface area contributed by atoms with Gasteiger partial charge in [-0.2, -0.15) is 0 Å². The fourth-order valence-corrected chi connectivity index (χ4v) is 6.35. The summed E-state index contributed by atoms with van der Waals surface area (Å²) in [6, 6.07) is 0. The van der Waals surface area contributed by atoms with E-state index in [-0.39, 0.29) is 25.7 Å². The fraction of sp³-hybridized carbons (Fsp3) is 0.892. The van der Waals surface area contributed by atoms with Gasteiger partial charge in [0.2, 0.25) is 11.9 Å². The lowest BCUT2D eigenvalue weighted by atomic mass is 9.64. The molecule has 0 aromatic rings. The van der Waals surface area contributed by atoms with Crippen molar-refractivity contribution in [2.24, 2.45) is 0 Å². The number of esters is 1. The Kier molecular flexibility index (Phi) is 22.6. The van der Waals surface area contributed by atoms with Gasteiger partial charge in [0.1, 0.15) is 30.5 Å². The number of hydrogen-bond donors (Lipinski definition) is 8. The number of unbranched alkanes of at least 4 members (excludes halogenated alkanes) is 10. The molecule has 0 amide bonds. The minimum atomic E-state index is -3.42. The van der Waals surface area contributed by atoms with Gasteiger partial charge in [0.25, 0.3) is 0 Å². The normalized spacial score (nSPS) is 26.3. The molecule has 1 aliphatic heterocycles. The van der Waals surface area contributed by atoms with Crippen molar-refractivity contribution in [2.45, 2.75) is 204 Å².